The highest BCUT2D eigenvalue weighted by Gasteiger charge is 2.17. The van der Waals surface area contributed by atoms with Crippen molar-refractivity contribution in [3.63, 3.8) is 0 Å². The standard InChI is InChI=1S/C13H11BrClNO4S/c14-10-4-5-11(12(9-10)21(15,18)19)20-8-7-16-6-2-1-3-13(16)17/h1-6,9H,7-8H2. The van der Waals surface area contributed by atoms with Crippen molar-refractivity contribution in [2.24, 2.45) is 0 Å². The molecule has 2 rings (SSSR count). The third-order valence-electron chi connectivity index (χ3n) is 2.66. The van der Waals surface area contributed by atoms with Gasteiger partial charge in [0, 0.05) is 27.4 Å². The maximum absolute atomic E-state index is 11.5. The second-order valence-corrected chi connectivity index (χ2v) is 7.56. The normalized spacial score (nSPS) is 11.3. The van der Waals surface area contributed by atoms with Crippen LogP contribution in [0.2, 0.25) is 0 Å². The predicted octanol–water partition coefficient (Wildman–Crippen LogP) is 2.62. The highest BCUT2D eigenvalue weighted by atomic mass is 79.9. The molecule has 0 unspecified atom stereocenters. The van der Waals surface area contributed by atoms with Crippen molar-refractivity contribution in [3.8, 4) is 5.75 Å². The van der Waals surface area contributed by atoms with Crippen LogP contribution in [0.15, 0.2) is 56.8 Å². The molecule has 0 N–H and O–H groups in total. The van der Waals surface area contributed by atoms with Crippen LogP contribution in [0.1, 0.15) is 0 Å². The van der Waals surface area contributed by atoms with Gasteiger partial charge in [0.15, 0.2) is 0 Å². The number of pyridine rings is 1. The van der Waals surface area contributed by atoms with E-state index in [1.807, 2.05) is 0 Å². The number of ether oxygens (including phenoxy) is 1. The second-order valence-electron chi connectivity index (χ2n) is 4.11. The Morgan fingerprint density at radius 2 is 2.00 bits per heavy atom. The molecule has 112 valence electrons. The molecule has 21 heavy (non-hydrogen) atoms. The van der Waals surface area contributed by atoms with Gasteiger partial charge in [0.25, 0.3) is 14.6 Å². The Labute approximate surface area is 134 Å². The Hall–Kier alpha value is -1.31. The van der Waals surface area contributed by atoms with E-state index in [1.54, 1.807) is 24.4 Å². The van der Waals surface area contributed by atoms with Crippen LogP contribution >= 0.6 is 26.6 Å². The molecule has 2 aromatic rings. The fraction of sp³-hybridized carbons (Fsp3) is 0.154. The van der Waals surface area contributed by atoms with E-state index >= 15 is 0 Å². The zero-order valence-electron chi connectivity index (χ0n) is 10.7. The molecule has 0 radical (unpaired) electrons. The monoisotopic (exact) mass is 391 g/mol. The lowest BCUT2D eigenvalue weighted by molar-refractivity contribution is 0.289. The van der Waals surface area contributed by atoms with Crippen LogP contribution in [0, 0.1) is 0 Å². The van der Waals surface area contributed by atoms with Crippen LogP contribution in [-0.4, -0.2) is 19.6 Å². The third-order valence-corrected chi connectivity index (χ3v) is 4.49. The van der Waals surface area contributed by atoms with Gasteiger partial charge in [-0.2, -0.15) is 0 Å². The first-order valence-corrected chi connectivity index (χ1v) is 9.00. The van der Waals surface area contributed by atoms with Crippen LogP contribution in [0.25, 0.3) is 0 Å². The lowest BCUT2D eigenvalue weighted by atomic mass is 10.3. The van der Waals surface area contributed by atoms with Gasteiger partial charge in [-0.25, -0.2) is 8.42 Å². The highest BCUT2D eigenvalue weighted by molar-refractivity contribution is 9.10. The Morgan fingerprint density at radius 3 is 2.67 bits per heavy atom. The first-order valence-electron chi connectivity index (χ1n) is 5.90. The summed E-state index contributed by atoms with van der Waals surface area (Å²) in [6.45, 7) is 0.447. The molecule has 0 aliphatic carbocycles. The van der Waals surface area contributed by atoms with E-state index in [2.05, 4.69) is 15.9 Å². The summed E-state index contributed by atoms with van der Waals surface area (Å²) in [5, 5.41) is 0. The van der Waals surface area contributed by atoms with Gasteiger partial charge in [0.2, 0.25) is 0 Å². The average molecular weight is 393 g/mol. The molecule has 0 aliphatic rings. The maximum atomic E-state index is 11.5. The smallest absolute Gasteiger partial charge is 0.265 e. The van der Waals surface area contributed by atoms with Crippen LogP contribution in [0.3, 0.4) is 0 Å². The van der Waals surface area contributed by atoms with Crippen LogP contribution in [-0.2, 0) is 15.6 Å². The minimum Gasteiger partial charge on any atom is -0.490 e. The van der Waals surface area contributed by atoms with Crippen molar-refractivity contribution in [2.75, 3.05) is 6.61 Å². The number of aromatic nitrogens is 1. The largest absolute Gasteiger partial charge is 0.490 e. The van der Waals surface area contributed by atoms with E-state index in [0.29, 0.717) is 11.0 Å². The van der Waals surface area contributed by atoms with Crippen molar-refractivity contribution in [1.82, 2.24) is 4.57 Å². The predicted molar refractivity (Wildman–Crippen MR) is 83.4 cm³/mol. The first-order chi connectivity index (χ1) is 9.88. The van der Waals surface area contributed by atoms with Gasteiger partial charge in [-0.05, 0) is 24.3 Å². The van der Waals surface area contributed by atoms with Gasteiger partial charge >= 0.3 is 0 Å². The summed E-state index contributed by atoms with van der Waals surface area (Å²) in [7, 11) is 1.46. The molecule has 0 saturated carbocycles. The number of hydrogen-bond acceptors (Lipinski definition) is 4. The van der Waals surface area contributed by atoms with E-state index in [0.717, 1.165) is 0 Å². The Morgan fingerprint density at radius 1 is 1.24 bits per heavy atom. The first kappa shape index (κ1) is 16.1. The van der Waals surface area contributed by atoms with E-state index < -0.39 is 9.05 Å². The molecular weight excluding hydrogens is 382 g/mol. The molecule has 5 nitrogen and oxygen atoms in total. The summed E-state index contributed by atoms with van der Waals surface area (Å²) >= 11 is 3.18. The van der Waals surface area contributed by atoms with Crippen LogP contribution in [0.4, 0.5) is 0 Å². The highest BCUT2D eigenvalue weighted by Crippen LogP contribution is 2.29. The van der Waals surface area contributed by atoms with Gasteiger partial charge in [-0.15, -0.1) is 0 Å². The maximum Gasteiger partial charge on any atom is 0.265 e. The molecule has 8 heteroatoms. The molecule has 0 amide bonds. The van der Waals surface area contributed by atoms with Crippen molar-refractivity contribution in [1.29, 1.82) is 0 Å². The number of halogens is 2. The fourth-order valence-electron chi connectivity index (χ4n) is 1.69. The zero-order chi connectivity index (χ0) is 15.5. The molecule has 0 aliphatic heterocycles. The second kappa shape index (κ2) is 6.64. The van der Waals surface area contributed by atoms with Crippen molar-refractivity contribution >= 4 is 35.7 Å². The molecule has 0 atom stereocenters. The van der Waals surface area contributed by atoms with E-state index in [-0.39, 0.29) is 22.8 Å². The molecule has 1 aromatic carbocycles. The van der Waals surface area contributed by atoms with E-state index in [9.17, 15) is 13.2 Å². The van der Waals surface area contributed by atoms with Gasteiger partial charge in [0.1, 0.15) is 17.3 Å². The molecule has 0 fully saturated rings. The summed E-state index contributed by atoms with van der Waals surface area (Å²) in [5.41, 5.74) is -0.151. The summed E-state index contributed by atoms with van der Waals surface area (Å²) in [6, 6.07) is 9.34. The summed E-state index contributed by atoms with van der Waals surface area (Å²) in [5.74, 6) is 0.150. The van der Waals surface area contributed by atoms with Gasteiger partial charge < -0.3 is 9.30 Å². The quantitative estimate of drug-likeness (QED) is 0.734. The van der Waals surface area contributed by atoms with Gasteiger partial charge in [-0.1, -0.05) is 22.0 Å². The SMILES string of the molecule is O=c1ccccn1CCOc1ccc(Br)cc1S(=O)(=O)Cl. The van der Waals surface area contributed by atoms with E-state index in [4.69, 9.17) is 15.4 Å². The molecule has 1 heterocycles. The number of hydrogen-bond donors (Lipinski definition) is 0. The molecule has 1 aromatic heterocycles. The third kappa shape index (κ3) is 4.33. The zero-order valence-corrected chi connectivity index (χ0v) is 13.9. The minimum absolute atomic E-state index is 0.112. The van der Waals surface area contributed by atoms with Crippen molar-refractivity contribution < 1.29 is 13.2 Å². The molecule has 0 saturated heterocycles. The lowest BCUT2D eigenvalue weighted by Crippen LogP contribution is -2.21. The van der Waals surface area contributed by atoms with Crippen LogP contribution in [0.5, 0.6) is 5.75 Å². The minimum atomic E-state index is -3.91. The number of rotatable bonds is 5. The summed E-state index contributed by atoms with van der Waals surface area (Å²) in [6.07, 6.45) is 1.63. The molecular formula is C13H11BrClNO4S. The Kier molecular flexibility index (Phi) is 5.08. The van der Waals surface area contributed by atoms with E-state index in [1.165, 1.54) is 22.8 Å². The number of nitrogens with zero attached hydrogens (tertiary/aromatic N) is 1. The average Bonchev–Trinajstić information content (AvgIpc) is 2.41. The fourth-order valence-corrected chi connectivity index (χ4v) is 3.20. The van der Waals surface area contributed by atoms with Crippen molar-refractivity contribution in [2.45, 2.75) is 11.4 Å². The van der Waals surface area contributed by atoms with Gasteiger partial charge in [0.05, 0.1) is 6.54 Å². The topological polar surface area (TPSA) is 65.4 Å². The summed E-state index contributed by atoms with van der Waals surface area (Å²) < 4.78 is 30.5. The van der Waals surface area contributed by atoms with Gasteiger partial charge in [-0.3, -0.25) is 4.79 Å². The lowest BCUT2D eigenvalue weighted by Gasteiger charge is -2.11. The molecule has 0 bridgehead atoms. The van der Waals surface area contributed by atoms with Crippen LogP contribution < -0.4 is 10.3 Å². The molecule has 0 spiro atoms. The Balaban J connectivity index is 2.14. The number of benzene rings is 1. The summed E-state index contributed by atoms with van der Waals surface area (Å²) in [4.78, 5) is 11.4. The Bertz CT molecular complexity index is 804. The van der Waals surface area contributed by atoms with Crippen molar-refractivity contribution in [3.05, 3.63) is 57.4 Å².